The lowest BCUT2D eigenvalue weighted by molar-refractivity contribution is 0.109. The first-order valence-corrected chi connectivity index (χ1v) is 4.45. The Bertz CT molecular complexity index is 443. The molecular formula is C7H5ClN2OS2. The van der Waals surface area contributed by atoms with Gasteiger partial charge in [-0.3, -0.25) is 4.79 Å². The molecule has 0 saturated carbocycles. The molecule has 3 nitrogen and oxygen atoms in total. The summed E-state index contributed by atoms with van der Waals surface area (Å²) >= 11 is 4.96. The monoisotopic (exact) mass is 232 g/mol. The summed E-state index contributed by atoms with van der Waals surface area (Å²) < 4.78 is 4.55. The molecule has 1 aromatic heterocycles. The van der Waals surface area contributed by atoms with Crippen molar-refractivity contribution in [1.82, 2.24) is 9.59 Å². The van der Waals surface area contributed by atoms with Crippen LogP contribution in [0.1, 0.15) is 10.4 Å². The fourth-order valence-electron chi connectivity index (χ4n) is 0.973. The summed E-state index contributed by atoms with van der Waals surface area (Å²) in [5, 5.41) is 3.60. The number of rotatable bonds is 1. The summed E-state index contributed by atoms with van der Waals surface area (Å²) in [6, 6.07) is 5.31. The second-order valence-electron chi connectivity index (χ2n) is 2.23. The van der Waals surface area contributed by atoms with Gasteiger partial charge in [-0.05, 0) is 23.7 Å². The van der Waals surface area contributed by atoms with Crippen LogP contribution in [0.5, 0.6) is 0 Å². The molecule has 0 saturated heterocycles. The van der Waals surface area contributed by atoms with Crippen LogP contribution < -0.4 is 0 Å². The highest BCUT2D eigenvalue weighted by Crippen LogP contribution is 2.21. The van der Waals surface area contributed by atoms with Crippen LogP contribution in [-0.4, -0.2) is 14.7 Å². The van der Waals surface area contributed by atoms with Gasteiger partial charge in [0.15, 0.2) is 0 Å². The van der Waals surface area contributed by atoms with E-state index in [-0.39, 0.29) is 17.5 Å². The van der Waals surface area contributed by atoms with Crippen LogP contribution in [0.25, 0.3) is 10.2 Å². The van der Waals surface area contributed by atoms with Crippen LogP contribution in [0, 0.1) is 0 Å². The normalized spacial score (nSPS) is 9.62. The third-order valence-corrected chi connectivity index (χ3v) is 2.52. The summed E-state index contributed by atoms with van der Waals surface area (Å²) in [7, 11) is 0. The van der Waals surface area contributed by atoms with Crippen molar-refractivity contribution in [2.45, 2.75) is 0 Å². The highest BCUT2D eigenvalue weighted by atomic mass is 35.5. The molecule has 0 aliphatic rings. The number of halogens is 1. The Morgan fingerprint density at radius 1 is 1.46 bits per heavy atom. The van der Waals surface area contributed by atoms with E-state index in [1.807, 2.05) is 6.07 Å². The van der Waals surface area contributed by atoms with Crippen molar-refractivity contribution in [3.05, 3.63) is 23.8 Å². The average Bonchev–Trinajstić information content (AvgIpc) is 2.49. The Morgan fingerprint density at radius 3 is 2.92 bits per heavy atom. The number of benzene rings is 1. The molecule has 0 atom stereocenters. The van der Waals surface area contributed by atoms with Crippen molar-refractivity contribution in [1.29, 1.82) is 0 Å². The van der Waals surface area contributed by atoms with Gasteiger partial charge < -0.3 is 0 Å². The average molecular weight is 233 g/mol. The number of aromatic nitrogens is 2. The van der Waals surface area contributed by atoms with Crippen LogP contribution in [0.4, 0.5) is 0 Å². The minimum atomic E-state index is -0.244. The lowest BCUT2D eigenvalue weighted by Gasteiger charge is -1.92. The molecule has 0 amide bonds. The molecule has 68 valence electrons. The van der Waals surface area contributed by atoms with Crippen molar-refractivity contribution >= 4 is 51.9 Å². The molecule has 13 heavy (non-hydrogen) atoms. The van der Waals surface area contributed by atoms with Gasteiger partial charge in [-0.2, -0.15) is 0 Å². The first-order valence-electron chi connectivity index (χ1n) is 3.23. The molecule has 0 aliphatic carbocycles. The zero-order valence-corrected chi connectivity index (χ0v) is 8.83. The highest BCUT2D eigenvalue weighted by molar-refractivity contribution is 7.97. The smallest absolute Gasteiger partial charge is 0.217 e. The molecule has 0 bridgehead atoms. The number of hydrogen-bond acceptors (Lipinski definition) is 4. The molecule has 0 spiro atoms. The molecule has 0 aliphatic heterocycles. The van der Waals surface area contributed by atoms with E-state index in [1.165, 1.54) is 11.5 Å². The highest BCUT2D eigenvalue weighted by Gasteiger charge is 2.07. The van der Waals surface area contributed by atoms with E-state index in [4.69, 9.17) is 0 Å². The minimum absolute atomic E-state index is 0. The van der Waals surface area contributed by atoms with Gasteiger partial charge in [-0.25, -0.2) is 0 Å². The van der Waals surface area contributed by atoms with Gasteiger partial charge in [0.25, 0.3) is 0 Å². The van der Waals surface area contributed by atoms with Gasteiger partial charge in [-0.15, -0.1) is 30.1 Å². The van der Waals surface area contributed by atoms with Crippen LogP contribution in [0.2, 0.25) is 0 Å². The Kier molecular flexibility index (Phi) is 3.24. The standard InChI is InChI=1S/C7H4N2OS2.ClH/c10-7(11)4-2-1-3-5-6(4)12-9-8-5;/h1-3H,(H,10,11);1H. The summed E-state index contributed by atoms with van der Waals surface area (Å²) in [5.41, 5.74) is 1.32. The Balaban J connectivity index is 0.000000845. The molecule has 1 aromatic carbocycles. The maximum absolute atomic E-state index is 11.0. The van der Waals surface area contributed by atoms with Crippen molar-refractivity contribution in [3.8, 4) is 0 Å². The predicted molar refractivity (Wildman–Crippen MR) is 58.0 cm³/mol. The van der Waals surface area contributed by atoms with Gasteiger partial charge in [0, 0.05) is 5.56 Å². The first-order chi connectivity index (χ1) is 5.79. The van der Waals surface area contributed by atoms with E-state index in [0.29, 0.717) is 5.56 Å². The number of fused-ring (bicyclic) bond motifs is 1. The topological polar surface area (TPSA) is 42.9 Å². The third kappa shape index (κ3) is 1.82. The van der Waals surface area contributed by atoms with Gasteiger partial charge in [0.05, 0.1) is 4.70 Å². The molecule has 0 radical (unpaired) electrons. The number of thiol groups is 1. The number of carbonyl (C=O) groups is 1. The zero-order chi connectivity index (χ0) is 8.55. The molecule has 1 heterocycles. The van der Waals surface area contributed by atoms with E-state index in [0.717, 1.165) is 10.2 Å². The maximum atomic E-state index is 11.0. The van der Waals surface area contributed by atoms with E-state index < -0.39 is 0 Å². The molecule has 0 unspecified atom stereocenters. The Hall–Kier alpha value is -0.650. The largest absolute Gasteiger partial charge is 0.282 e. The van der Waals surface area contributed by atoms with E-state index in [9.17, 15) is 4.79 Å². The lowest BCUT2D eigenvalue weighted by Crippen LogP contribution is -1.87. The van der Waals surface area contributed by atoms with Crippen molar-refractivity contribution in [2.75, 3.05) is 0 Å². The van der Waals surface area contributed by atoms with Crippen LogP contribution in [0.15, 0.2) is 18.2 Å². The second kappa shape index (κ2) is 4.04. The Morgan fingerprint density at radius 2 is 2.23 bits per heavy atom. The minimum Gasteiger partial charge on any atom is -0.282 e. The summed E-state index contributed by atoms with van der Waals surface area (Å²) in [4.78, 5) is 11.0. The Labute approximate surface area is 90.1 Å². The molecule has 6 heteroatoms. The number of hydrogen-bond donors (Lipinski definition) is 1. The number of nitrogens with zero attached hydrogens (tertiary/aromatic N) is 2. The molecule has 2 aromatic rings. The zero-order valence-electron chi connectivity index (χ0n) is 6.30. The summed E-state index contributed by atoms with van der Waals surface area (Å²) in [5.74, 6) is 0. The van der Waals surface area contributed by atoms with Crippen molar-refractivity contribution in [2.24, 2.45) is 0 Å². The predicted octanol–water partition coefficient (Wildman–Crippen LogP) is 2.18. The van der Waals surface area contributed by atoms with Crippen LogP contribution in [0.3, 0.4) is 0 Å². The summed E-state index contributed by atoms with van der Waals surface area (Å²) in [6.45, 7) is 0. The van der Waals surface area contributed by atoms with E-state index in [1.54, 1.807) is 12.1 Å². The van der Waals surface area contributed by atoms with Gasteiger partial charge >= 0.3 is 0 Å². The van der Waals surface area contributed by atoms with Gasteiger partial charge in [0.1, 0.15) is 5.52 Å². The molecule has 2 rings (SSSR count). The van der Waals surface area contributed by atoms with Crippen LogP contribution in [-0.2, 0) is 0 Å². The fourth-order valence-corrected chi connectivity index (χ4v) is 1.91. The second-order valence-corrected chi connectivity index (χ2v) is 3.39. The van der Waals surface area contributed by atoms with Crippen molar-refractivity contribution in [3.63, 3.8) is 0 Å². The maximum Gasteiger partial charge on any atom is 0.217 e. The van der Waals surface area contributed by atoms with Gasteiger partial charge in [0.2, 0.25) is 5.12 Å². The lowest BCUT2D eigenvalue weighted by atomic mass is 10.2. The molecule has 0 fully saturated rings. The summed E-state index contributed by atoms with van der Waals surface area (Å²) in [6.07, 6.45) is 0. The third-order valence-electron chi connectivity index (χ3n) is 1.51. The van der Waals surface area contributed by atoms with Gasteiger partial charge in [-0.1, -0.05) is 10.6 Å². The van der Waals surface area contributed by atoms with E-state index >= 15 is 0 Å². The SMILES string of the molecule is Cl.O=C(S)c1cccc2nnsc12. The first kappa shape index (κ1) is 10.4. The van der Waals surface area contributed by atoms with E-state index in [2.05, 4.69) is 22.2 Å². The van der Waals surface area contributed by atoms with Crippen molar-refractivity contribution < 1.29 is 4.79 Å². The molecular weight excluding hydrogens is 228 g/mol. The fraction of sp³-hybridized carbons (Fsp3) is 0. The van der Waals surface area contributed by atoms with Crippen LogP contribution >= 0.6 is 36.6 Å². The quantitative estimate of drug-likeness (QED) is 0.767. The number of carbonyl (C=O) groups excluding carboxylic acids is 1. The molecule has 0 N–H and O–H groups in total.